The molecule has 1 aromatic heterocycles. The molecule has 0 radical (unpaired) electrons. The fraction of sp³-hybridized carbons (Fsp3) is 0.471. The van der Waals surface area contributed by atoms with Crippen LogP contribution in [0.1, 0.15) is 25.0 Å². The van der Waals surface area contributed by atoms with E-state index in [9.17, 15) is 0 Å². The maximum atomic E-state index is 5.63. The van der Waals surface area contributed by atoms with Crippen LogP contribution in [0.15, 0.2) is 41.0 Å². The Morgan fingerprint density at radius 2 is 1.95 bits per heavy atom. The summed E-state index contributed by atoms with van der Waals surface area (Å²) in [5, 5.41) is 3.71. The van der Waals surface area contributed by atoms with Crippen LogP contribution >= 0.6 is 12.4 Å². The molecule has 0 aliphatic carbocycles. The molecule has 2 bridgehead atoms. The first-order valence-electron chi connectivity index (χ1n) is 7.85. The fourth-order valence-electron chi connectivity index (χ4n) is 3.48. The third-order valence-corrected chi connectivity index (χ3v) is 4.57. The molecular formula is C17H22ClN3O. The minimum Gasteiger partial charge on any atom is -0.444 e. The van der Waals surface area contributed by atoms with Gasteiger partial charge in [0.1, 0.15) is 6.26 Å². The van der Waals surface area contributed by atoms with Crippen molar-refractivity contribution in [3.8, 4) is 11.5 Å². The van der Waals surface area contributed by atoms with Crippen LogP contribution < -0.4 is 5.32 Å². The number of rotatable bonds is 3. The summed E-state index contributed by atoms with van der Waals surface area (Å²) in [6.07, 6.45) is 5.72. The van der Waals surface area contributed by atoms with Crippen LogP contribution in [0, 0.1) is 0 Å². The van der Waals surface area contributed by atoms with Crippen LogP contribution in [-0.2, 0) is 6.54 Å². The van der Waals surface area contributed by atoms with E-state index < -0.39 is 0 Å². The molecule has 1 N–H and O–H groups in total. The highest BCUT2D eigenvalue weighted by molar-refractivity contribution is 5.85. The first kappa shape index (κ1) is 15.5. The molecule has 2 aromatic rings. The minimum absolute atomic E-state index is 0. The number of nitrogens with zero attached hydrogens (tertiary/aromatic N) is 2. The first-order chi connectivity index (χ1) is 10.4. The molecule has 4 nitrogen and oxygen atoms in total. The zero-order chi connectivity index (χ0) is 14.1. The summed E-state index contributed by atoms with van der Waals surface area (Å²) in [7, 11) is 0. The Kier molecular flexibility index (Phi) is 4.81. The number of fused-ring (bicyclic) bond motifs is 2. The van der Waals surface area contributed by atoms with Crippen molar-refractivity contribution in [2.45, 2.75) is 37.9 Å². The summed E-state index contributed by atoms with van der Waals surface area (Å²) in [6.45, 7) is 3.17. The number of benzene rings is 1. The second-order valence-electron chi connectivity index (χ2n) is 6.17. The second kappa shape index (κ2) is 6.82. The van der Waals surface area contributed by atoms with E-state index in [4.69, 9.17) is 4.42 Å². The average molecular weight is 320 g/mol. The molecule has 2 unspecified atom stereocenters. The van der Waals surface area contributed by atoms with E-state index in [1.165, 1.54) is 19.3 Å². The largest absolute Gasteiger partial charge is 0.444 e. The topological polar surface area (TPSA) is 41.3 Å². The van der Waals surface area contributed by atoms with Gasteiger partial charge in [0.15, 0.2) is 0 Å². The molecular weight excluding hydrogens is 298 g/mol. The maximum Gasteiger partial charge on any atom is 0.226 e. The second-order valence-corrected chi connectivity index (χ2v) is 6.17. The summed E-state index contributed by atoms with van der Waals surface area (Å²) < 4.78 is 5.63. The van der Waals surface area contributed by atoms with Gasteiger partial charge in [-0.2, -0.15) is 0 Å². The molecule has 0 spiro atoms. The number of halogens is 1. The lowest BCUT2D eigenvalue weighted by Gasteiger charge is -2.22. The number of hydrogen-bond donors (Lipinski definition) is 1. The number of oxazole rings is 1. The third kappa shape index (κ3) is 3.35. The van der Waals surface area contributed by atoms with Crippen molar-refractivity contribution in [1.82, 2.24) is 15.2 Å². The Bertz CT molecular complexity index is 601. The van der Waals surface area contributed by atoms with Gasteiger partial charge in [-0.3, -0.25) is 4.90 Å². The molecule has 118 valence electrons. The van der Waals surface area contributed by atoms with Gasteiger partial charge in [-0.1, -0.05) is 18.2 Å². The molecule has 2 aliphatic rings. The lowest BCUT2D eigenvalue weighted by atomic mass is 10.1. The highest BCUT2D eigenvalue weighted by atomic mass is 35.5. The molecule has 2 atom stereocenters. The molecule has 5 heteroatoms. The average Bonchev–Trinajstić information content (AvgIpc) is 3.09. The lowest BCUT2D eigenvalue weighted by molar-refractivity contribution is 0.248. The monoisotopic (exact) mass is 319 g/mol. The quantitative estimate of drug-likeness (QED) is 0.944. The van der Waals surface area contributed by atoms with Gasteiger partial charge in [-0.25, -0.2) is 4.98 Å². The van der Waals surface area contributed by atoms with E-state index in [0.29, 0.717) is 6.04 Å². The van der Waals surface area contributed by atoms with E-state index in [1.807, 2.05) is 30.3 Å². The van der Waals surface area contributed by atoms with Gasteiger partial charge >= 0.3 is 0 Å². The first-order valence-corrected chi connectivity index (χ1v) is 7.85. The Balaban J connectivity index is 0.00000144. The molecule has 0 amide bonds. The summed E-state index contributed by atoms with van der Waals surface area (Å²) in [4.78, 5) is 7.14. The van der Waals surface area contributed by atoms with E-state index in [-0.39, 0.29) is 12.4 Å². The highest BCUT2D eigenvalue weighted by Gasteiger charge is 2.29. The number of nitrogens with one attached hydrogen (secondary N) is 1. The molecule has 1 aromatic carbocycles. The van der Waals surface area contributed by atoms with Gasteiger partial charge in [-0.05, 0) is 31.4 Å². The van der Waals surface area contributed by atoms with Crippen LogP contribution in [0.5, 0.6) is 0 Å². The van der Waals surface area contributed by atoms with Crippen LogP contribution in [-0.4, -0.2) is 35.1 Å². The summed E-state index contributed by atoms with van der Waals surface area (Å²) in [5.74, 6) is 0.722. The van der Waals surface area contributed by atoms with Crippen molar-refractivity contribution in [2.75, 3.05) is 13.1 Å². The third-order valence-electron chi connectivity index (χ3n) is 4.57. The van der Waals surface area contributed by atoms with Gasteiger partial charge in [0, 0.05) is 37.3 Å². The predicted octanol–water partition coefficient (Wildman–Crippen LogP) is 3.09. The fourth-order valence-corrected chi connectivity index (χ4v) is 3.48. The standard InChI is InChI=1S/C17H21N3O.ClH/c1-2-4-13(5-3-1)17-19-16(12-21-17)11-20-9-8-14-6-7-15(10-20)18-14;/h1-5,12,14-15,18H,6-11H2;1H. The van der Waals surface area contributed by atoms with Crippen LogP contribution in [0.4, 0.5) is 0 Å². The van der Waals surface area contributed by atoms with Crippen LogP contribution in [0.25, 0.3) is 11.5 Å². The molecule has 2 fully saturated rings. The number of aromatic nitrogens is 1. The van der Waals surface area contributed by atoms with Gasteiger partial charge < -0.3 is 9.73 Å². The molecule has 2 aliphatic heterocycles. The predicted molar refractivity (Wildman–Crippen MR) is 89.0 cm³/mol. The normalized spacial score (nSPS) is 24.7. The molecule has 3 heterocycles. The van der Waals surface area contributed by atoms with Crippen molar-refractivity contribution in [1.29, 1.82) is 0 Å². The SMILES string of the molecule is Cl.c1ccc(-c2nc(CN3CCC4CCC(C3)N4)co2)cc1. The number of likely N-dealkylation sites (tertiary alicyclic amines) is 1. The number of hydrogen-bond acceptors (Lipinski definition) is 4. The summed E-state index contributed by atoms with van der Waals surface area (Å²) in [5.41, 5.74) is 2.08. The van der Waals surface area contributed by atoms with Gasteiger partial charge in [0.05, 0.1) is 5.69 Å². The molecule has 22 heavy (non-hydrogen) atoms. The molecule has 4 rings (SSSR count). The van der Waals surface area contributed by atoms with Crippen molar-refractivity contribution in [3.05, 3.63) is 42.3 Å². The van der Waals surface area contributed by atoms with Gasteiger partial charge in [-0.15, -0.1) is 12.4 Å². The smallest absolute Gasteiger partial charge is 0.226 e. The zero-order valence-electron chi connectivity index (χ0n) is 12.6. The summed E-state index contributed by atoms with van der Waals surface area (Å²) >= 11 is 0. The Morgan fingerprint density at radius 3 is 2.82 bits per heavy atom. The lowest BCUT2D eigenvalue weighted by Crippen LogP contribution is -2.35. The van der Waals surface area contributed by atoms with Crippen molar-refractivity contribution in [2.24, 2.45) is 0 Å². The van der Waals surface area contributed by atoms with E-state index in [1.54, 1.807) is 6.26 Å². The summed E-state index contributed by atoms with van der Waals surface area (Å²) in [6, 6.07) is 11.5. The highest BCUT2D eigenvalue weighted by Crippen LogP contribution is 2.23. The van der Waals surface area contributed by atoms with Crippen molar-refractivity contribution < 1.29 is 4.42 Å². The Labute approximate surface area is 137 Å². The van der Waals surface area contributed by atoms with Crippen molar-refractivity contribution in [3.63, 3.8) is 0 Å². The van der Waals surface area contributed by atoms with Crippen molar-refractivity contribution >= 4 is 12.4 Å². The molecule has 0 saturated carbocycles. The van der Waals surface area contributed by atoms with Crippen LogP contribution in [0.2, 0.25) is 0 Å². The maximum absolute atomic E-state index is 5.63. The zero-order valence-corrected chi connectivity index (χ0v) is 13.4. The van der Waals surface area contributed by atoms with E-state index in [0.717, 1.165) is 42.8 Å². The van der Waals surface area contributed by atoms with Gasteiger partial charge in [0.2, 0.25) is 5.89 Å². The van der Waals surface area contributed by atoms with E-state index in [2.05, 4.69) is 15.2 Å². The Morgan fingerprint density at radius 1 is 1.14 bits per heavy atom. The Hall–Kier alpha value is -1.36. The van der Waals surface area contributed by atoms with E-state index >= 15 is 0 Å². The van der Waals surface area contributed by atoms with Crippen LogP contribution in [0.3, 0.4) is 0 Å². The van der Waals surface area contributed by atoms with Gasteiger partial charge in [0.25, 0.3) is 0 Å². The minimum atomic E-state index is 0. The molecule has 2 saturated heterocycles.